The van der Waals surface area contributed by atoms with Gasteiger partial charge < -0.3 is 5.73 Å². The Morgan fingerprint density at radius 2 is 2.36 bits per heavy atom. The Balaban J connectivity index is 2.66. The van der Waals surface area contributed by atoms with Crippen molar-refractivity contribution in [2.45, 2.75) is 25.8 Å². The third-order valence-electron chi connectivity index (χ3n) is 1.82. The highest BCUT2D eigenvalue weighted by molar-refractivity contribution is 5.85. The van der Waals surface area contributed by atoms with Crippen LogP contribution in [0.4, 0.5) is 0 Å². The van der Waals surface area contributed by atoms with Crippen LogP contribution in [0.3, 0.4) is 0 Å². The molecule has 2 nitrogen and oxygen atoms in total. The van der Waals surface area contributed by atoms with Gasteiger partial charge in [-0.15, -0.1) is 0 Å². The van der Waals surface area contributed by atoms with Crippen LogP contribution in [0.25, 0.3) is 0 Å². The number of nitrogens with two attached hydrogens (primary N) is 1. The van der Waals surface area contributed by atoms with E-state index in [0.29, 0.717) is 0 Å². The van der Waals surface area contributed by atoms with Crippen LogP contribution in [0, 0.1) is 0 Å². The maximum absolute atomic E-state index is 10.8. The summed E-state index contributed by atoms with van der Waals surface area (Å²) in [7, 11) is 0. The molecule has 0 aliphatic heterocycles. The summed E-state index contributed by atoms with van der Waals surface area (Å²) >= 11 is 0. The van der Waals surface area contributed by atoms with Crippen molar-refractivity contribution in [1.29, 1.82) is 0 Å². The monoisotopic (exact) mass is 151 g/mol. The van der Waals surface area contributed by atoms with Gasteiger partial charge in [0, 0.05) is 0 Å². The van der Waals surface area contributed by atoms with E-state index in [9.17, 15) is 4.79 Å². The molecule has 1 aliphatic rings. The first-order chi connectivity index (χ1) is 5.22. The van der Waals surface area contributed by atoms with Crippen molar-refractivity contribution >= 4 is 5.78 Å². The van der Waals surface area contributed by atoms with E-state index in [0.717, 1.165) is 18.4 Å². The van der Waals surface area contributed by atoms with Crippen LogP contribution in [0.15, 0.2) is 23.8 Å². The molecule has 0 fully saturated rings. The van der Waals surface area contributed by atoms with Crippen LogP contribution in [-0.4, -0.2) is 11.8 Å². The van der Waals surface area contributed by atoms with E-state index in [4.69, 9.17) is 5.73 Å². The molecule has 0 heterocycles. The number of allylic oxidation sites excluding steroid dienone is 2. The fraction of sp³-hybridized carbons (Fsp3) is 0.444. The van der Waals surface area contributed by atoms with Crippen LogP contribution in [-0.2, 0) is 4.79 Å². The van der Waals surface area contributed by atoms with Crippen molar-refractivity contribution in [1.82, 2.24) is 0 Å². The van der Waals surface area contributed by atoms with E-state index in [2.05, 4.69) is 6.08 Å². The second-order valence-corrected chi connectivity index (χ2v) is 2.77. The van der Waals surface area contributed by atoms with Crippen molar-refractivity contribution in [3.63, 3.8) is 0 Å². The van der Waals surface area contributed by atoms with E-state index < -0.39 is 6.04 Å². The van der Waals surface area contributed by atoms with Gasteiger partial charge in [0.2, 0.25) is 0 Å². The molecule has 0 saturated carbocycles. The summed E-state index contributed by atoms with van der Waals surface area (Å²) in [6.45, 7) is 1.52. The summed E-state index contributed by atoms with van der Waals surface area (Å²) in [6, 6.07) is -0.411. The van der Waals surface area contributed by atoms with E-state index in [-0.39, 0.29) is 5.78 Å². The molecule has 11 heavy (non-hydrogen) atoms. The maximum atomic E-state index is 10.8. The molecule has 0 bridgehead atoms. The van der Waals surface area contributed by atoms with Gasteiger partial charge in [-0.25, -0.2) is 0 Å². The molecule has 1 rings (SSSR count). The lowest BCUT2D eigenvalue weighted by molar-refractivity contribution is -0.117. The second-order valence-electron chi connectivity index (χ2n) is 2.77. The van der Waals surface area contributed by atoms with Crippen LogP contribution in [0.5, 0.6) is 0 Å². The minimum absolute atomic E-state index is 0.0304. The number of ketones is 1. The zero-order chi connectivity index (χ0) is 8.27. The molecule has 0 spiro atoms. The van der Waals surface area contributed by atoms with E-state index in [1.165, 1.54) is 6.92 Å². The van der Waals surface area contributed by atoms with Crippen LogP contribution in [0.1, 0.15) is 19.8 Å². The summed E-state index contributed by atoms with van der Waals surface area (Å²) in [6.07, 6.45) is 8.10. The Morgan fingerprint density at radius 3 is 2.82 bits per heavy atom. The first-order valence-electron chi connectivity index (χ1n) is 3.84. The molecular formula is C9H13NO. The minimum atomic E-state index is -0.411. The van der Waals surface area contributed by atoms with Gasteiger partial charge in [0.05, 0.1) is 6.04 Å². The molecule has 60 valence electrons. The molecule has 0 aromatic carbocycles. The standard InChI is InChI=1S/C9H13NO/c1-7(11)9(10)8-5-3-2-4-6-8/h3,5-6,9H,2,4,10H2,1H3. The van der Waals surface area contributed by atoms with Crippen molar-refractivity contribution in [2.24, 2.45) is 5.73 Å². The Hall–Kier alpha value is -0.890. The van der Waals surface area contributed by atoms with Gasteiger partial charge in [0.1, 0.15) is 0 Å². The molecule has 0 aromatic rings. The van der Waals surface area contributed by atoms with Gasteiger partial charge in [-0.1, -0.05) is 18.2 Å². The molecule has 1 aliphatic carbocycles. The lowest BCUT2D eigenvalue weighted by Gasteiger charge is -2.11. The Kier molecular flexibility index (Phi) is 2.60. The minimum Gasteiger partial charge on any atom is -0.318 e. The number of Topliss-reactive ketones (excluding diaryl/α,β-unsaturated/α-hetero) is 1. The fourth-order valence-corrected chi connectivity index (χ4v) is 1.10. The number of hydrogen-bond donors (Lipinski definition) is 1. The maximum Gasteiger partial charge on any atom is 0.150 e. The largest absolute Gasteiger partial charge is 0.318 e. The Labute approximate surface area is 66.8 Å². The van der Waals surface area contributed by atoms with Gasteiger partial charge in [-0.2, -0.15) is 0 Å². The number of carbonyl (C=O) groups excluding carboxylic acids is 1. The molecule has 1 atom stereocenters. The summed E-state index contributed by atoms with van der Waals surface area (Å²) in [5.74, 6) is 0.0304. The van der Waals surface area contributed by atoms with E-state index in [1.807, 2.05) is 12.2 Å². The molecule has 2 heteroatoms. The summed E-state index contributed by atoms with van der Waals surface area (Å²) < 4.78 is 0. The smallest absolute Gasteiger partial charge is 0.150 e. The SMILES string of the molecule is CC(=O)C(N)C1=CCCC=C1. The molecular weight excluding hydrogens is 138 g/mol. The lowest BCUT2D eigenvalue weighted by atomic mass is 9.99. The first kappa shape index (κ1) is 8.21. The number of carbonyl (C=O) groups is 1. The van der Waals surface area contributed by atoms with Crippen LogP contribution in [0.2, 0.25) is 0 Å². The predicted octanol–water partition coefficient (Wildman–Crippen LogP) is 1.18. The van der Waals surface area contributed by atoms with Crippen LogP contribution >= 0.6 is 0 Å². The van der Waals surface area contributed by atoms with Gasteiger partial charge in [-0.05, 0) is 25.3 Å². The highest BCUT2D eigenvalue weighted by Gasteiger charge is 2.12. The van der Waals surface area contributed by atoms with Crippen molar-refractivity contribution in [2.75, 3.05) is 0 Å². The summed E-state index contributed by atoms with van der Waals surface area (Å²) in [5, 5.41) is 0. The quantitative estimate of drug-likeness (QED) is 0.644. The average Bonchev–Trinajstić information content (AvgIpc) is 2.05. The molecule has 0 aromatic heterocycles. The van der Waals surface area contributed by atoms with Gasteiger partial charge in [-0.3, -0.25) is 4.79 Å². The average molecular weight is 151 g/mol. The zero-order valence-electron chi connectivity index (χ0n) is 6.71. The van der Waals surface area contributed by atoms with Crippen molar-refractivity contribution < 1.29 is 4.79 Å². The molecule has 0 amide bonds. The Bertz CT molecular complexity index is 216. The second kappa shape index (κ2) is 3.49. The fourth-order valence-electron chi connectivity index (χ4n) is 1.10. The molecule has 2 N–H and O–H groups in total. The molecule has 0 saturated heterocycles. The van der Waals surface area contributed by atoms with Crippen LogP contribution < -0.4 is 5.73 Å². The predicted molar refractivity (Wildman–Crippen MR) is 45.1 cm³/mol. The van der Waals surface area contributed by atoms with Gasteiger partial charge in [0.15, 0.2) is 5.78 Å². The number of rotatable bonds is 2. The van der Waals surface area contributed by atoms with Gasteiger partial charge >= 0.3 is 0 Å². The topological polar surface area (TPSA) is 43.1 Å². The lowest BCUT2D eigenvalue weighted by Crippen LogP contribution is -2.30. The highest BCUT2D eigenvalue weighted by Crippen LogP contribution is 2.12. The third-order valence-corrected chi connectivity index (χ3v) is 1.82. The summed E-state index contributed by atoms with van der Waals surface area (Å²) in [5.41, 5.74) is 6.58. The Morgan fingerprint density at radius 1 is 1.64 bits per heavy atom. The third kappa shape index (κ3) is 2.02. The van der Waals surface area contributed by atoms with E-state index in [1.54, 1.807) is 0 Å². The molecule has 1 unspecified atom stereocenters. The number of hydrogen-bond acceptors (Lipinski definition) is 2. The molecule has 0 radical (unpaired) electrons. The highest BCUT2D eigenvalue weighted by atomic mass is 16.1. The van der Waals surface area contributed by atoms with Gasteiger partial charge in [0.25, 0.3) is 0 Å². The first-order valence-corrected chi connectivity index (χ1v) is 3.84. The van der Waals surface area contributed by atoms with Crippen molar-refractivity contribution in [3.05, 3.63) is 23.8 Å². The zero-order valence-corrected chi connectivity index (χ0v) is 6.71. The van der Waals surface area contributed by atoms with E-state index >= 15 is 0 Å². The normalized spacial score (nSPS) is 19.3. The van der Waals surface area contributed by atoms with Crippen molar-refractivity contribution in [3.8, 4) is 0 Å². The summed E-state index contributed by atoms with van der Waals surface area (Å²) in [4.78, 5) is 10.8.